The third-order valence-electron chi connectivity index (χ3n) is 4.30. The molecule has 1 N–H and O–H groups in total. The Morgan fingerprint density at radius 2 is 1.68 bits per heavy atom. The standard InChI is InChI=1S/C18H20N4/c1-13(18(2,3)14-7-5-4-6-8-14)21-16-10-9-15-17(22-16)20-12-11-19-15/h4-13H,1-3H3,(H,20,21,22). The summed E-state index contributed by atoms with van der Waals surface area (Å²) in [4.78, 5) is 13.0. The van der Waals surface area contributed by atoms with Crippen LogP contribution >= 0.6 is 0 Å². The first kappa shape index (κ1) is 14.4. The first-order valence-electron chi connectivity index (χ1n) is 7.47. The highest BCUT2D eigenvalue weighted by molar-refractivity contribution is 5.71. The molecule has 1 unspecified atom stereocenters. The molecule has 0 spiro atoms. The molecular weight excluding hydrogens is 272 g/mol. The zero-order valence-electron chi connectivity index (χ0n) is 13.1. The predicted molar refractivity (Wildman–Crippen MR) is 89.9 cm³/mol. The second-order valence-corrected chi connectivity index (χ2v) is 6.05. The summed E-state index contributed by atoms with van der Waals surface area (Å²) in [6.45, 7) is 6.65. The SMILES string of the molecule is CC(Nc1ccc2nccnc2n1)C(C)(C)c1ccccc1. The lowest BCUT2D eigenvalue weighted by Crippen LogP contribution is -2.37. The Balaban J connectivity index is 1.84. The molecular formula is C18H20N4. The predicted octanol–water partition coefficient (Wildman–Crippen LogP) is 3.80. The lowest BCUT2D eigenvalue weighted by Gasteiger charge is -2.33. The van der Waals surface area contributed by atoms with E-state index in [0.717, 1.165) is 11.3 Å². The fourth-order valence-electron chi connectivity index (χ4n) is 2.45. The van der Waals surface area contributed by atoms with Gasteiger partial charge in [-0.2, -0.15) is 0 Å². The van der Waals surface area contributed by atoms with E-state index in [1.54, 1.807) is 12.4 Å². The van der Waals surface area contributed by atoms with Crippen LogP contribution in [0.15, 0.2) is 54.9 Å². The number of hydrogen-bond donors (Lipinski definition) is 1. The number of anilines is 1. The van der Waals surface area contributed by atoms with Gasteiger partial charge in [-0.05, 0) is 24.6 Å². The Labute approximate surface area is 130 Å². The van der Waals surface area contributed by atoms with Crippen molar-refractivity contribution in [2.75, 3.05) is 5.32 Å². The van der Waals surface area contributed by atoms with Crippen molar-refractivity contribution in [2.24, 2.45) is 0 Å². The van der Waals surface area contributed by atoms with E-state index in [1.807, 2.05) is 18.2 Å². The number of benzene rings is 1. The van der Waals surface area contributed by atoms with E-state index < -0.39 is 0 Å². The van der Waals surface area contributed by atoms with Crippen molar-refractivity contribution in [1.29, 1.82) is 0 Å². The maximum atomic E-state index is 4.54. The summed E-state index contributed by atoms with van der Waals surface area (Å²) in [6, 6.07) is 14.6. The van der Waals surface area contributed by atoms with E-state index in [-0.39, 0.29) is 11.5 Å². The van der Waals surface area contributed by atoms with E-state index >= 15 is 0 Å². The summed E-state index contributed by atoms with van der Waals surface area (Å²) in [5.41, 5.74) is 2.76. The van der Waals surface area contributed by atoms with Crippen LogP contribution in [-0.2, 0) is 5.41 Å². The average molecular weight is 292 g/mol. The zero-order chi connectivity index (χ0) is 15.6. The molecule has 1 aromatic carbocycles. The molecule has 0 aliphatic carbocycles. The van der Waals surface area contributed by atoms with Gasteiger partial charge < -0.3 is 5.32 Å². The fourth-order valence-corrected chi connectivity index (χ4v) is 2.45. The van der Waals surface area contributed by atoms with Crippen molar-refractivity contribution >= 4 is 17.0 Å². The minimum Gasteiger partial charge on any atom is -0.367 e. The molecule has 1 atom stereocenters. The molecule has 0 aliphatic heterocycles. The number of hydrogen-bond acceptors (Lipinski definition) is 4. The molecule has 0 fully saturated rings. The van der Waals surface area contributed by atoms with Crippen molar-refractivity contribution in [3.8, 4) is 0 Å². The number of nitrogens with zero attached hydrogens (tertiary/aromatic N) is 3. The van der Waals surface area contributed by atoms with Crippen molar-refractivity contribution in [1.82, 2.24) is 15.0 Å². The van der Waals surface area contributed by atoms with E-state index in [0.29, 0.717) is 5.65 Å². The van der Waals surface area contributed by atoms with E-state index in [9.17, 15) is 0 Å². The van der Waals surface area contributed by atoms with Gasteiger partial charge in [0.25, 0.3) is 0 Å². The molecule has 4 nitrogen and oxygen atoms in total. The molecule has 2 aromatic heterocycles. The summed E-state index contributed by atoms with van der Waals surface area (Å²) < 4.78 is 0. The molecule has 0 radical (unpaired) electrons. The normalized spacial score (nSPS) is 13.0. The Hall–Kier alpha value is -2.49. The first-order valence-corrected chi connectivity index (χ1v) is 7.47. The number of aromatic nitrogens is 3. The molecule has 4 heteroatoms. The topological polar surface area (TPSA) is 50.7 Å². The summed E-state index contributed by atoms with van der Waals surface area (Å²) in [7, 11) is 0. The second-order valence-electron chi connectivity index (χ2n) is 6.05. The Kier molecular flexibility index (Phi) is 3.75. The number of pyridine rings is 1. The molecule has 3 rings (SSSR count). The minimum atomic E-state index is -0.0136. The van der Waals surface area contributed by atoms with Gasteiger partial charge in [-0.3, -0.25) is 4.98 Å². The molecule has 0 saturated heterocycles. The van der Waals surface area contributed by atoms with Gasteiger partial charge in [-0.25, -0.2) is 9.97 Å². The molecule has 22 heavy (non-hydrogen) atoms. The molecule has 0 saturated carbocycles. The van der Waals surface area contributed by atoms with Crippen LogP contribution in [0, 0.1) is 0 Å². The van der Waals surface area contributed by atoms with Crippen LogP contribution < -0.4 is 5.32 Å². The lowest BCUT2D eigenvalue weighted by atomic mass is 9.78. The summed E-state index contributed by atoms with van der Waals surface area (Å²) in [6.07, 6.45) is 3.34. The highest BCUT2D eigenvalue weighted by Gasteiger charge is 2.28. The van der Waals surface area contributed by atoms with Crippen LogP contribution in [0.25, 0.3) is 11.2 Å². The number of nitrogens with one attached hydrogen (secondary N) is 1. The van der Waals surface area contributed by atoms with Gasteiger partial charge in [0, 0.05) is 23.9 Å². The smallest absolute Gasteiger partial charge is 0.180 e. The molecule has 2 heterocycles. The highest BCUT2D eigenvalue weighted by atomic mass is 15.0. The Morgan fingerprint density at radius 3 is 2.45 bits per heavy atom. The lowest BCUT2D eigenvalue weighted by molar-refractivity contribution is 0.457. The molecule has 0 aliphatic rings. The van der Waals surface area contributed by atoms with Gasteiger partial charge in [-0.1, -0.05) is 44.2 Å². The van der Waals surface area contributed by atoms with Crippen LogP contribution in [0.5, 0.6) is 0 Å². The Bertz CT molecular complexity index is 768. The van der Waals surface area contributed by atoms with Gasteiger partial charge in [0.1, 0.15) is 11.3 Å². The summed E-state index contributed by atoms with van der Waals surface area (Å²) in [5, 5.41) is 3.49. The van der Waals surface area contributed by atoms with Crippen molar-refractivity contribution in [3.63, 3.8) is 0 Å². The van der Waals surface area contributed by atoms with Gasteiger partial charge in [0.05, 0.1) is 0 Å². The van der Waals surface area contributed by atoms with E-state index in [1.165, 1.54) is 5.56 Å². The quantitative estimate of drug-likeness (QED) is 0.794. The van der Waals surface area contributed by atoms with Crippen LogP contribution in [0.4, 0.5) is 5.82 Å². The van der Waals surface area contributed by atoms with Crippen LogP contribution in [0.1, 0.15) is 26.3 Å². The monoisotopic (exact) mass is 292 g/mol. The maximum absolute atomic E-state index is 4.54. The van der Waals surface area contributed by atoms with Crippen LogP contribution in [0.2, 0.25) is 0 Å². The average Bonchev–Trinajstić information content (AvgIpc) is 2.55. The first-order chi connectivity index (χ1) is 10.6. The summed E-state index contributed by atoms with van der Waals surface area (Å²) in [5.74, 6) is 0.824. The Morgan fingerprint density at radius 1 is 0.955 bits per heavy atom. The molecule has 3 aromatic rings. The fraction of sp³-hybridized carbons (Fsp3) is 0.278. The third-order valence-corrected chi connectivity index (χ3v) is 4.30. The van der Waals surface area contributed by atoms with Gasteiger partial charge in [0.2, 0.25) is 0 Å². The zero-order valence-corrected chi connectivity index (χ0v) is 13.1. The van der Waals surface area contributed by atoms with Gasteiger partial charge in [0.15, 0.2) is 5.65 Å². The van der Waals surface area contributed by atoms with Crippen molar-refractivity contribution < 1.29 is 0 Å². The largest absolute Gasteiger partial charge is 0.367 e. The summed E-state index contributed by atoms with van der Waals surface area (Å²) >= 11 is 0. The maximum Gasteiger partial charge on any atom is 0.180 e. The van der Waals surface area contributed by atoms with Gasteiger partial charge >= 0.3 is 0 Å². The van der Waals surface area contributed by atoms with E-state index in [2.05, 4.69) is 65.3 Å². The highest BCUT2D eigenvalue weighted by Crippen LogP contribution is 2.28. The van der Waals surface area contributed by atoms with E-state index in [4.69, 9.17) is 0 Å². The van der Waals surface area contributed by atoms with Crippen molar-refractivity contribution in [2.45, 2.75) is 32.2 Å². The van der Waals surface area contributed by atoms with Crippen LogP contribution in [-0.4, -0.2) is 21.0 Å². The number of rotatable bonds is 4. The van der Waals surface area contributed by atoms with Gasteiger partial charge in [-0.15, -0.1) is 0 Å². The second kappa shape index (κ2) is 5.72. The third kappa shape index (κ3) is 2.77. The van der Waals surface area contributed by atoms with Crippen molar-refractivity contribution in [3.05, 3.63) is 60.4 Å². The number of fused-ring (bicyclic) bond motifs is 1. The van der Waals surface area contributed by atoms with Crippen LogP contribution in [0.3, 0.4) is 0 Å². The minimum absolute atomic E-state index is 0.0136. The molecule has 0 amide bonds. The molecule has 0 bridgehead atoms. The molecule has 112 valence electrons.